The first-order valence-corrected chi connectivity index (χ1v) is 6.42. The second-order valence-corrected chi connectivity index (χ2v) is 5.59. The third kappa shape index (κ3) is 1.52. The lowest BCUT2D eigenvalue weighted by Crippen LogP contribution is -2.11. The SMILES string of the molecule is Brc1ccc2c(c1)[C@@H](C1CC1)CCC2. The van der Waals surface area contributed by atoms with E-state index in [-0.39, 0.29) is 0 Å². The quantitative estimate of drug-likeness (QED) is 0.698. The lowest BCUT2D eigenvalue weighted by molar-refractivity contribution is 0.503. The molecule has 1 saturated carbocycles. The summed E-state index contributed by atoms with van der Waals surface area (Å²) in [5.74, 6) is 1.90. The van der Waals surface area contributed by atoms with Crippen LogP contribution < -0.4 is 0 Å². The van der Waals surface area contributed by atoms with Crippen LogP contribution >= 0.6 is 15.9 Å². The molecule has 1 aromatic carbocycles. The Bertz CT molecular complexity index is 352. The lowest BCUT2D eigenvalue weighted by atomic mass is 9.80. The molecule has 1 fully saturated rings. The van der Waals surface area contributed by atoms with E-state index in [9.17, 15) is 0 Å². The van der Waals surface area contributed by atoms with Crippen LogP contribution in [-0.2, 0) is 6.42 Å². The summed E-state index contributed by atoms with van der Waals surface area (Å²) in [6, 6.07) is 6.86. The summed E-state index contributed by atoms with van der Waals surface area (Å²) >= 11 is 3.59. The standard InChI is InChI=1S/C13H15Br/c14-11-7-6-9-2-1-3-12(10-4-5-10)13(9)8-11/h6-8,10,12H,1-5H2/t12-/m1/s1. The third-order valence-electron chi connectivity index (χ3n) is 3.66. The minimum absolute atomic E-state index is 0.885. The van der Waals surface area contributed by atoms with Crippen molar-refractivity contribution in [3.05, 3.63) is 33.8 Å². The van der Waals surface area contributed by atoms with E-state index < -0.39 is 0 Å². The van der Waals surface area contributed by atoms with Crippen LogP contribution in [-0.4, -0.2) is 0 Å². The molecule has 1 atom stereocenters. The Morgan fingerprint density at radius 1 is 1.14 bits per heavy atom. The maximum Gasteiger partial charge on any atom is 0.0178 e. The highest BCUT2D eigenvalue weighted by molar-refractivity contribution is 9.10. The Morgan fingerprint density at radius 2 is 2.00 bits per heavy atom. The van der Waals surface area contributed by atoms with Crippen molar-refractivity contribution >= 4 is 15.9 Å². The molecule has 74 valence electrons. The maximum atomic E-state index is 3.59. The van der Waals surface area contributed by atoms with E-state index in [0.717, 1.165) is 11.8 Å². The van der Waals surface area contributed by atoms with Gasteiger partial charge in [-0.2, -0.15) is 0 Å². The fraction of sp³-hybridized carbons (Fsp3) is 0.538. The predicted octanol–water partition coefficient (Wildman–Crippen LogP) is 4.28. The summed E-state index contributed by atoms with van der Waals surface area (Å²) < 4.78 is 1.25. The van der Waals surface area contributed by atoms with Crippen LogP contribution in [0.3, 0.4) is 0 Å². The Labute approximate surface area is 93.8 Å². The highest BCUT2D eigenvalue weighted by Crippen LogP contribution is 2.48. The molecule has 2 aliphatic carbocycles. The van der Waals surface area contributed by atoms with Gasteiger partial charge in [0.05, 0.1) is 0 Å². The van der Waals surface area contributed by atoms with Gasteiger partial charge in [-0.15, -0.1) is 0 Å². The molecular weight excluding hydrogens is 236 g/mol. The smallest absolute Gasteiger partial charge is 0.0178 e. The first-order valence-electron chi connectivity index (χ1n) is 5.63. The van der Waals surface area contributed by atoms with Crippen molar-refractivity contribution in [1.82, 2.24) is 0 Å². The summed E-state index contributed by atoms with van der Waals surface area (Å²) in [6.07, 6.45) is 7.06. The number of hydrogen-bond donors (Lipinski definition) is 0. The molecule has 0 bridgehead atoms. The van der Waals surface area contributed by atoms with Crippen molar-refractivity contribution in [2.45, 2.75) is 38.0 Å². The Morgan fingerprint density at radius 3 is 2.79 bits per heavy atom. The van der Waals surface area contributed by atoms with E-state index in [2.05, 4.69) is 34.1 Å². The van der Waals surface area contributed by atoms with E-state index in [1.807, 2.05) is 0 Å². The zero-order valence-electron chi connectivity index (χ0n) is 8.30. The molecule has 0 amide bonds. The number of hydrogen-bond acceptors (Lipinski definition) is 0. The maximum absolute atomic E-state index is 3.59. The van der Waals surface area contributed by atoms with Crippen molar-refractivity contribution in [3.8, 4) is 0 Å². The normalized spacial score (nSPS) is 25.9. The van der Waals surface area contributed by atoms with Gasteiger partial charge in [0, 0.05) is 4.47 Å². The van der Waals surface area contributed by atoms with Crippen LogP contribution in [0.25, 0.3) is 0 Å². The van der Waals surface area contributed by atoms with Crippen molar-refractivity contribution in [2.24, 2.45) is 5.92 Å². The molecule has 1 heteroatoms. The highest BCUT2D eigenvalue weighted by atomic mass is 79.9. The number of halogens is 1. The van der Waals surface area contributed by atoms with Gasteiger partial charge in [-0.3, -0.25) is 0 Å². The van der Waals surface area contributed by atoms with Crippen LogP contribution in [0.2, 0.25) is 0 Å². The van der Waals surface area contributed by atoms with E-state index in [0.29, 0.717) is 0 Å². The van der Waals surface area contributed by atoms with Crippen molar-refractivity contribution in [2.75, 3.05) is 0 Å². The minimum atomic E-state index is 0.885. The number of fused-ring (bicyclic) bond motifs is 1. The Hall–Kier alpha value is -0.300. The highest BCUT2D eigenvalue weighted by Gasteiger charge is 2.34. The van der Waals surface area contributed by atoms with E-state index in [4.69, 9.17) is 0 Å². The van der Waals surface area contributed by atoms with E-state index in [1.54, 1.807) is 11.1 Å². The van der Waals surface area contributed by atoms with Crippen LogP contribution in [0.1, 0.15) is 42.7 Å². The first-order chi connectivity index (χ1) is 6.84. The second kappa shape index (κ2) is 3.37. The van der Waals surface area contributed by atoms with E-state index in [1.165, 1.54) is 36.6 Å². The molecule has 1 aromatic rings. The predicted molar refractivity (Wildman–Crippen MR) is 62.5 cm³/mol. The van der Waals surface area contributed by atoms with Gasteiger partial charge in [-0.25, -0.2) is 0 Å². The van der Waals surface area contributed by atoms with Crippen LogP contribution in [0.5, 0.6) is 0 Å². The van der Waals surface area contributed by atoms with Crippen LogP contribution in [0.4, 0.5) is 0 Å². The molecule has 0 saturated heterocycles. The largest absolute Gasteiger partial charge is 0.0576 e. The average Bonchev–Trinajstić information content (AvgIpc) is 3.00. The van der Waals surface area contributed by atoms with Crippen LogP contribution in [0, 0.1) is 5.92 Å². The second-order valence-electron chi connectivity index (χ2n) is 4.68. The van der Waals surface area contributed by atoms with Crippen LogP contribution in [0.15, 0.2) is 22.7 Å². The molecule has 2 aliphatic rings. The molecule has 0 radical (unpaired) electrons. The molecule has 0 aliphatic heterocycles. The number of aryl methyl sites for hydroxylation is 1. The fourth-order valence-corrected chi connectivity index (χ4v) is 3.17. The Kier molecular flexibility index (Phi) is 2.16. The molecule has 0 spiro atoms. The molecular formula is C13H15Br. The molecule has 14 heavy (non-hydrogen) atoms. The van der Waals surface area contributed by atoms with Gasteiger partial charge in [0.1, 0.15) is 0 Å². The molecule has 0 unspecified atom stereocenters. The van der Waals surface area contributed by atoms with Gasteiger partial charge >= 0.3 is 0 Å². The molecule has 0 heterocycles. The number of rotatable bonds is 1. The third-order valence-corrected chi connectivity index (χ3v) is 4.15. The van der Waals surface area contributed by atoms with Gasteiger partial charge in [-0.05, 0) is 67.2 Å². The lowest BCUT2D eigenvalue weighted by Gasteiger charge is -2.25. The molecule has 0 nitrogen and oxygen atoms in total. The fourth-order valence-electron chi connectivity index (χ4n) is 2.79. The Balaban J connectivity index is 2.02. The van der Waals surface area contributed by atoms with Gasteiger partial charge in [0.15, 0.2) is 0 Å². The van der Waals surface area contributed by atoms with Crippen molar-refractivity contribution in [3.63, 3.8) is 0 Å². The first kappa shape index (κ1) is 8.96. The summed E-state index contributed by atoms with van der Waals surface area (Å²) in [5, 5.41) is 0. The molecule has 0 N–H and O–H groups in total. The summed E-state index contributed by atoms with van der Waals surface area (Å²) in [4.78, 5) is 0. The summed E-state index contributed by atoms with van der Waals surface area (Å²) in [6.45, 7) is 0. The minimum Gasteiger partial charge on any atom is -0.0576 e. The summed E-state index contributed by atoms with van der Waals surface area (Å²) in [7, 11) is 0. The van der Waals surface area contributed by atoms with Gasteiger partial charge < -0.3 is 0 Å². The van der Waals surface area contributed by atoms with Crippen molar-refractivity contribution < 1.29 is 0 Å². The van der Waals surface area contributed by atoms with Gasteiger partial charge in [0.25, 0.3) is 0 Å². The van der Waals surface area contributed by atoms with Gasteiger partial charge in [-0.1, -0.05) is 22.0 Å². The van der Waals surface area contributed by atoms with E-state index >= 15 is 0 Å². The summed E-state index contributed by atoms with van der Waals surface area (Å²) in [5.41, 5.74) is 3.25. The van der Waals surface area contributed by atoms with Gasteiger partial charge in [0.2, 0.25) is 0 Å². The average molecular weight is 251 g/mol. The zero-order chi connectivity index (χ0) is 9.54. The van der Waals surface area contributed by atoms with Crippen molar-refractivity contribution in [1.29, 1.82) is 0 Å². The number of benzene rings is 1. The monoisotopic (exact) mass is 250 g/mol. The molecule has 3 rings (SSSR count). The molecule has 0 aromatic heterocycles. The topological polar surface area (TPSA) is 0 Å². The zero-order valence-corrected chi connectivity index (χ0v) is 9.89.